The van der Waals surface area contributed by atoms with Crippen molar-refractivity contribution in [3.05, 3.63) is 42.1 Å². The van der Waals surface area contributed by atoms with Crippen LogP contribution >= 0.6 is 0 Å². The fraction of sp³-hybridized carbons (Fsp3) is 0.435. The second-order valence-corrected chi connectivity index (χ2v) is 7.03. The van der Waals surface area contributed by atoms with Crippen molar-refractivity contribution in [1.29, 1.82) is 0 Å². The number of ether oxygens (including phenoxy) is 2. The number of pyridine rings is 1. The fourth-order valence-corrected chi connectivity index (χ4v) is 3.75. The van der Waals surface area contributed by atoms with E-state index in [1.165, 1.54) is 0 Å². The first kappa shape index (κ1) is 21.9. The maximum absolute atomic E-state index is 12.9. The van der Waals surface area contributed by atoms with Gasteiger partial charge in [-0.25, -0.2) is 4.52 Å². The Hall–Kier alpha value is -2.80. The van der Waals surface area contributed by atoms with Crippen molar-refractivity contribution in [3.63, 3.8) is 0 Å². The number of benzene rings is 1. The number of aryl methyl sites for hydroxylation is 1. The average molecular weight is 416 g/mol. The summed E-state index contributed by atoms with van der Waals surface area (Å²) in [5, 5.41) is 14.2. The maximum Gasteiger partial charge on any atom is 0.131 e. The van der Waals surface area contributed by atoms with Crippen molar-refractivity contribution in [2.24, 2.45) is 0 Å². The van der Waals surface area contributed by atoms with E-state index in [0.29, 0.717) is 31.7 Å². The molecule has 0 saturated carbocycles. The third-order valence-corrected chi connectivity index (χ3v) is 5.18. The molecule has 3 aromatic rings. The first-order chi connectivity index (χ1) is 14.7. The lowest BCUT2D eigenvalue weighted by Gasteiger charge is -2.24. The highest BCUT2D eigenvalue weighted by atomic mass is 19.1. The Morgan fingerprint density at radius 2 is 1.90 bits per heavy atom. The molecule has 0 fully saturated rings. The number of nitrogens with zero attached hydrogens (tertiary/aromatic N) is 3. The molecule has 1 N–H and O–H groups in total. The number of fused-ring (bicyclic) bond motifs is 1. The molecule has 0 aliphatic rings. The number of aliphatic hydroxyl groups excluding tert-OH is 1. The van der Waals surface area contributed by atoms with Gasteiger partial charge in [-0.3, -0.25) is 4.39 Å². The predicted octanol–water partition coefficient (Wildman–Crippen LogP) is 4.13. The highest BCUT2D eigenvalue weighted by molar-refractivity contribution is 5.80. The normalized spacial score (nSPS) is 11.1. The SMILES string of the molecule is CCc1nn2c(-c3ccc(OC)cc3OC)cccc2c1N(CCCO)CCCF. The van der Waals surface area contributed by atoms with Crippen LogP contribution in [0.15, 0.2) is 36.4 Å². The molecule has 6 nitrogen and oxygen atoms in total. The number of alkyl halides is 1. The summed E-state index contributed by atoms with van der Waals surface area (Å²) in [6.45, 7) is 3.03. The number of anilines is 1. The zero-order valence-electron chi connectivity index (χ0n) is 17.9. The number of aliphatic hydroxyl groups is 1. The van der Waals surface area contributed by atoms with Crippen LogP contribution in [0.25, 0.3) is 16.8 Å². The van der Waals surface area contributed by atoms with E-state index in [2.05, 4.69) is 11.8 Å². The number of aromatic nitrogens is 2. The summed E-state index contributed by atoms with van der Waals surface area (Å²) in [5.74, 6) is 1.42. The first-order valence-corrected chi connectivity index (χ1v) is 10.3. The van der Waals surface area contributed by atoms with Crippen molar-refractivity contribution >= 4 is 11.2 Å². The van der Waals surface area contributed by atoms with E-state index < -0.39 is 0 Å². The molecule has 3 rings (SSSR count). The minimum Gasteiger partial charge on any atom is -0.497 e. The molecule has 0 radical (unpaired) electrons. The second-order valence-electron chi connectivity index (χ2n) is 7.03. The standard InChI is InChI=1S/C23H30FN3O3/c1-4-19-23(26(13-6-12-24)14-7-15-28)21-9-5-8-20(27(21)25-19)18-11-10-17(29-2)16-22(18)30-3/h5,8-11,16,28H,4,6-7,12-15H2,1-3H3. The summed E-state index contributed by atoms with van der Waals surface area (Å²) in [6.07, 6.45) is 1.82. The lowest BCUT2D eigenvalue weighted by Crippen LogP contribution is -2.27. The molecule has 0 spiro atoms. The Labute approximate surface area is 176 Å². The molecule has 7 heteroatoms. The number of hydrogen-bond acceptors (Lipinski definition) is 5. The topological polar surface area (TPSA) is 59.2 Å². The van der Waals surface area contributed by atoms with Crippen LogP contribution in [-0.2, 0) is 6.42 Å². The van der Waals surface area contributed by atoms with Gasteiger partial charge in [-0.15, -0.1) is 0 Å². The van der Waals surface area contributed by atoms with Crippen molar-refractivity contribution in [2.45, 2.75) is 26.2 Å². The molecule has 0 aliphatic carbocycles. The molecule has 2 aromatic heterocycles. The van der Waals surface area contributed by atoms with Gasteiger partial charge >= 0.3 is 0 Å². The van der Waals surface area contributed by atoms with E-state index in [1.54, 1.807) is 14.2 Å². The quantitative estimate of drug-likeness (QED) is 0.510. The summed E-state index contributed by atoms with van der Waals surface area (Å²) in [4.78, 5) is 2.14. The predicted molar refractivity (Wildman–Crippen MR) is 118 cm³/mol. The van der Waals surface area contributed by atoms with Crippen LogP contribution in [0.1, 0.15) is 25.5 Å². The minimum absolute atomic E-state index is 0.0983. The highest BCUT2D eigenvalue weighted by Crippen LogP contribution is 2.36. The summed E-state index contributed by atoms with van der Waals surface area (Å²) >= 11 is 0. The number of halogens is 1. The molecular formula is C23H30FN3O3. The Morgan fingerprint density at radius 1 is 1.10 bits per heavy atom. The van der Waals surface area contributed by atoms with E-state index in [1.807, 2.05) is 40.9 Å². The van der Waals surface area contributed by atoms with Crippen LogP contribution in [0.5, 0.6) is 11.5 Å². The van der Waals surface area contributed by atoms with Crippen LogP contribution in [0.2, 0.25) is 0 Å². The van der Waals surface area contributed by atoms with Crippen molar-refractivity contribution in [3.8, 4) is 22.8 Å². The van der Waals surface area contributed by atoms with Gasteiger partial charge in [0.2, 0.25) is 0 Å². The monoisotopic (exact) mass is 415 g/mol. The summed E-state index contributed by atoms with van der Waals surface area (Å²) in [5.41, 5.74) is 4.73. The van der Waals surface area contributed by atoms with E-state index >= 15 is 0 Å². The van der Waals surface area contributed by atoms with E-state index in [0.717, 1.165) is 40.3 Å². The van der Waals surface area contributed by atoms with Crippen LogP contribution in [0.4, 0.5) is 10.1 Å². The fourth-order valence-electron chi connectivity index (χ4n) is 3.75. The smallest absolute Gasteiger partial charge is 0.131 e. The zero-order chi connectivity index (χ0) is 21.5. The molecule has 0 saturated heterocycles. The zero-order valence-corrected chi connectivity index (χ0v) is 17.9. The van der Waals surface area contributed by atoms with Gasteiger partial charge < -0.3 is 19.5 Å². The summed E-state index contributed by atoms with van der Waals surface area (Å²) < 4.78 is 25.8. The molecule has 1 aromatic carbocycles. The van der Waals surface area contributed by atoms with Gasteiger partial charge in [-0.2, -0.15) is 5.10 Å². The molecule has 0 unspecified atom stereocenters. The molecule has 30 heavy (non-hydrogen) atoms. The van der Waals surface area contributed by atoms with Crippen molar-refractivity contribution < 1.29 is 19.0 Å². The lowest BCUT2D eigenvalue weighted by molar-refractivity contribution is 0.289. The molecular weight excluding hydrogens is 385 g/mol. The highest BCUT2D eigenvalue weighted by Gasteiger charge is 2.20. The Kier molecular flexibility index (Phi) is 7.52. The van der Waals surface area contributed by atoms with Gasteiger partial charge in [-0.1, -0.05) is 13.0 Å². The number of hydrogen-bond donors (Lipinski definition) is 1. The van der Waals surface area contributed by atoms with Gasteiger partial charge in [0.15, 0.2) is 0 Å². The molecule has 0 bridgehead atoms. The van der Waals surface area contributed by atoms with Crippen LogP contribution in [-0.4, -0.2) is 55.3 Å². The van der Waals surface area contributed by atoms with Crippen LogP contribution in [0, 0.1) is 0 Å². The lowest BCUT2D eigenvalue weighted by atomic mass is 10.1. The Balaban J connectivity index is 2.16. The van der Waals surface area contributed by atoms with Gasteiger partial charge in [-0.05, 0) is 43.5 Å². The largest absolute Gasteiger partial charge is 0.497 e. The molecule has 0 aliphatic heterocycles. The van der Waals surface area contributed by atoms with Crippen LogP contribution in [0.3, 0.4) is 0 Å². The van der Waals surface area contributed by atoms with E-state index in [4.69, 9.17) is 14.6 Å². The molecule has 2 heterocycles. The Bertz CT molecular complexity index is 966. The van der Waals surface area contributed by atoms with E-state index in [9.17, 15) is 9.50 Å². The number of methoxy groups -OCH3 is 2. The van der Waals surface area contributed by atoms with Crippen molar-refractivity contribution in [2.75, 3.05) is 45.5 Å². The van der Waals surface area contributed by atoms with Gasteiger partial charge in [0.05, 0.1) is 43.5 Å². The minimum atomic E-state index is -0.370. The van der Waals surface area contributed by atoms with Crippen molar-refractivity contribution in [1.82, 2.24) is 9.61 Å². The molecule has 162 valence electrons. The summed E-state index contributed by atoms with van der Waals surface area (Å²) in [7, 11) is 3.26. The Morgan fingerprint density at radius 3 is 2.57 bits per heavy atom. The summed E-state index contributed by atoms with van der Waals surface area (Å²) in [6, 6.07) is 11.8. The molecule has 0 amide bonds. The number of rotatable bonds is 11. The van der Waals surface area contributed by atoms with Gasteiger partial charge in [0, 0.05) is 31.3 Å². The first-order valence-electron chi connectivity index (χ1n) is 10.3. The molecule has 0 atom stereocenters. The third kappa shape index (κ3) is 4.36. The average Bonchev–Trinajstić information content (AvgIpc) is 3.17. The van der Waals surface area contributed by atoms with Crippen LogP contribution < -0.4 is 14.4 Å². The third-order valence-electron chi connectivity index (χ3n) is 5.18. The van der Waals surface area contributed by atoms with Gasteiger partial charge in [0.25, 0.3) is 0 Å². The second kappa shape index (κ2) is 10.3. The van der Waals surface area contributed by atoms with E-state index in [-0.39, 0.29) is 13.3 Å². The maximum atomic E-state index is 12.9. The van der Waals surface area contributed by atoms with Gasteiger partial charge in [0.1, 0.15) is 11.5 Å².